The third-order valence-corrected chi connectivity index (χ3v) is 7.55. The molecule has 2 aromatic rings. The average Bonchev–Trinajstić information content (AvgIpc) is 2.90. The molecule has 4 atom stereocenters. The van der Waals surface area contributed by atoms with Gasteiger partial charge >= 0.3 is 0 Å². The third kappa shape index (κ3) is 3.09. The van der Waals surface area contributed by atoms with Crippen LogP contribution in [0.5, 0.6) is 0 Å². The van der Waals surface area contributed by atoms with E-state index in [1.807, 2.05) is 12.1 Å². The zero-order valence-corrected chi connectivity index (χ0v) is 16.9. The Hall–Kier alpha value is -2.37. The standard InChI is InChI=1S/C26H31N2/c1-3-16-28(2)24-14-15-25(28)18-21(17-24)19-26(20-27,22-10-6-4-7-11-22)23-12-8-5-9-13-23/h3-13,21,24-25H,1,14-19H2,2H3/q+1/t21?,24-,25+,28?. The summed E-state index contributed by atoms with van der Waals surface area (Å²) in [7, 11) is 2.42. The summed E-state index contributed by atoms with van der Waals surface area (Å²) in [5, 5.41) is 10.5. The summed E-state index contributed by atoms with van der Waals surface area (Å²) in [5.74, 6) is 0.591. The number of quaternary nitrogens is 1. The Morgan fingerprint density at radius 3 is 1.93 bits per heavy atom. The Morgan fingerprint density at radius 2 is 1.50 bits per heavy atom. The molecular weight excluding hydrogens is 340 g/mol. The molecule has 0 radical (unpaired) electrons. The van der Waals surface area contributed by atoms with Crippen LogP contribution in [0.4, 0.5) is 0 Å². The number of likely N-dealkylation sites (N-methyl/N-ethyl adjacent to an activating group) is 1. The lowest BCUT2D eigenvalue weighted by Crippen LogP contribution is -2.57. The fourth-order valence-corrected chi connectivity index (χ4v) is 6.05. The molecule has 28 heavy (non-hydrogen) atoms. The van der Waals surface area contributed by atoms with Crippen LogP contribution in [0.15, 0.2) is 73.3 Å². The minimum Gasteiger partial charge on any atom is -0.318 e. The predicted octanol–water partition coefficient (Wildman–Crippen LogP) is 5.46. The van der Waals surface area contributed by atoms with E-state index in [2.05, 4.69) is 74.3 Å². The van der Waals surface area contributed by atoms with Crippen LogP contribution in [0.25, 0.3) is 0 Å². The van der Waals surface area contributed by atoms with Crippen molar-refractivity contribution in [1.82, 2.24) is 0 Å². The average molecular weight is 372 g/mol. The fraction of sp³-hybridized carbons (Fsp3) is 0.423. The first-order valence-corrected chi connectivity index (χ1v) is 10.6. The maximum absolute atomic E-state index is 10.5. The molecule has 2 heteroatoms. The summed E-state index contributed by atoms with van der Waals surface area (Å²) in [6, 6.07) is 25.0. The minimum absolute atomic E-state index is 0.564. The van der Waals surface area contributed by atoms with Crippen LogP contribution in [0.1, 0.15) is 43.2 Å². The van der Waals surface area contributed by atoms with E-state index in [9.17, 15) is 5.26 Å². The third-order valence-electron chi connectivity index (χ3n) is 7.55. The van der Waals surface area contributed by atoms with E-state index in [4.69, 9.17) is 0 Å². The molecule has 2 aliphatic rings. The minimum atomic E-state index is -0.564. The highest BCUT2D eigenvalue weighted by molar-refractivity contribution is 5.45. The van der Waals surface area contributed by atoms with Gasteiger partial charge in [-0.05, 0) is 29.5 Å². The largest absolute Gasteiger partial charge is 0.318 e. The van der Waals surface area contributed by atoms with Crippen molar-refractivity contribution >= 4 is 0 Å². The van der Waals surface area contributed by atoms with Crippen molar-refractivity contribution in [2.24, 2.45) is 5.92 Å². The van der Waals surface area contributed by atoms with Gasteiger partial charge in [0.2, 0.25) is 0 Å². The molecule has 0 spiro atoms. The number of hydrogen-bond acceptors (Lipinski definition) is 1. The van der Waals surface area contributed by atoms with Gasteiger partial charge in [-0.2, -0.15) is 5.26 Å². The molecule has 2 unspecified atom stereocenters. The molecule has 144 valence electrons. The molecule has 2 heterocycles. The van der Waals surface area contributed by atoms with Crippen molar-refractivity contribution in [3.63, 3.8) is 0 Å². The molecular formula is C26H31N2+. The zero-order chi connectivity index (χ0) is 19.6. The molecule has 2 fully saturated rings. The van der Waals surface area contributed by atoms with Gasteiger partial charge in [-0.15, -0.1) is 0 Å². The first-order valence-electron chi connectivity index (χ1n) is 10.6. The molecule has 4 rings (SSSR count). The molecule has 0 saturated carbocycles. The van der Waals surface area contributed by atoms with Crippen LogP contribution < -0.4 is 0 Å². The van der Waals surface area contributed by atoms with Crippen molar-refractivity contribution in [2.45, 2.75) is 49.6 Å². The van der Waals surface area contributed by atoms with E-state index in [0.29, 0.717) is 18.0 Å². The van der Waals surface area contributed by atoms with Crippen molar-refractivity contribution in [2.75, 3.05) is 13.6 Å². The van der Waals surface area contributed by atoms with E-state index in [0.717, 1.165) is 28.6 Å². The summed E-state index contributed by atoms with van der Waals surface area (Å²) >= 11 is 0. The van der Waals surface area contributed by atoms with Crippen LogP contribution in [0.3, 0.4) is 0 Å². The SMILES string of the molecule is C=CC[N+]1(C)[C@@H]2CC[C@H]1CC(CC(C#N)(c1ccccc1)c1ccccc1)C2. The zero-order valence-electron chi connectivity index (χ0n) is 16.9. The molecule has 2 saturated heterocycles. The lowest BCUT2D eigenvalue weighted by molar-refractivity contribution is -0.944. The second-order valence-corrected chi connectivity index (χ2v) is 8.99. The fourth-order valence-electron chi connectivity index (χ4n) is 6.05. The van der Waals surface area contributed by atoms with E-state index >= 15 is 0 Å². The molecule has 2 aliphatic heterocycles. The maximum Gasteiger partial charge on any atom is 0.107 e. The molecule has 2 bridgehead atoms. The molecule has 2 nitrogen and oxygen atoms in total. The van der Waals surface area contributed by atoms with Crippen LogP contribution in [0.2, 0.25) is 0 Å². The summed E-state index contributed by atoms with van der Waals surface area (Å²) in [5.41, 5.74) is 1.70. The first kappa shape index (κ1) is 19.0. The Kier molecular flexibility index (Phi) is 5.13. The normalized spacial score (nSPS) is 29.2. The van der Waals surface area contributed by atoms with Crippen molar-refractivity contribution in [3.05, 3.63) is 84.4 Å². The lowest BCUT2D eigenvalue weighted by Gasteiger charge is -2.48. The van der Waals surface area contributed by atoms with Gasteiger partial charge < -0.3 is 4.48 Å². The van der Waals surface area contributed by atoms with Gasteiger partial charge in [0.1, 0.15) is 5.41 Å². The van der Waals surface area contributed by atoms with Gasteiger partial charge in [-0.1, -0.05) is 67.2 Å². The lowest BCUT2D eigenvalue weighted by atomic mass is 9.67. The van der Waals surface area contributed by atoms with Crippen LogP contribution >= 0.6 is 0 Å². The second kappa shape index (κ2) is 7.57. The number of fused-ring (bicyclic) bond motifs is 2. The van der Waals surface area contributed by atoms with Gasteiger partial charge in [0.15, 0.2) is 0 Å². The second-order valence-electron chi connectivity index (χ2n) is 8.99. The number of benzene rings is 2. The smallest absolute Gasteiger partial charge is 0.107 e. The molecule has 0 aliphatic carbocycles. The molecule has 2 aromatic carbocycles. The van der Waals surface area contributed by atoms with Gasteiger partial charge in [-0.25, -0.2) is 0 Å². The van der Waals surface area contributed by atoms with Gasteiger partial charge in [-0.3, -0.25) is 0 Å². The van der Waals surface area contributed by atoms with Crippen LogP contribution in [0, 0.1) is 17.2 Å². The van der Waals surface area contributed by atoms with Crippen molar-refractivity contribution in [1.29, 1.82) is 5.26 Å². The maximum atomic E-state index is 10.5. The number of nitrogens with zero attached hydrogens (tertiary/aromatic N) is 2. The van der Waals surface area contributed by atoms with Crippen molar-refractivity contribution < 1.29 is 4.48 Å². The Bertz CT molecular complexity index is 796. The van der Waals surface area contributed by atoms with Gasteiger partial charge in [0.25, 0.3) is 0 Å². The summed E-state index contributed by atoms with van der Waals surface area (Å²) in [4.78, 5) is 0. The van der Waals surface area contributed by atoms with E-state index in [1.54, 1.807) is 0 Å². The number of rotatable bonds is 6. The van der Waals surface area contributed by atoms with Crippen LogP contribution in [-0.2, 0) is 5.41 Å². The molecule has 0 amide bonds. The van der Waals surface area contributed by atoms with E-state index in [-0.39, 0.29) is 0 Å². The van der Waals surface area contributed by atoms with Crippen LogP contribution in [-0.4, -0.2) is 30.2 Å². The van der Waals surface area contributed by atoms with Crippen molar-refractivity contribution in [3.8, 4) is 6.07 Å². The summed E-state index contributed by atoms with van der Waals surface area (Å²) in [6.07, 6.45) is 8.11. The van der Waals surface area contributed by atoms with E-state index in [1.165, 1.54) is 25.7 Å². The highest BCUT2D eigenvalue weighted by Gasteiger charge is 2.52. The summed E-state index contributed by atoms with van der Waals surface area (Å²) in [6.45, 7) is 5.08. The number of hydrogen-bond donors (Lipinski definition) is 0. The Morgan fingerprint density at radius 1 is 1.00 bits per heavy atom. The number of piperidine rings is 1. The van der Waals surface area contributed by atoms with Gasteiger partial charge in [0.05, 0.1) is 31.7 Å². The predicted molar refractivity (Wildman–Crippen MR) is 115 cm³/mol. The number of nitriles is 1. The quantitative estimate of drug-likeness (QED) is 0.488. The topological polar surface area (TPSA) is 23.8 Å². The monoisotopic (exact) mass is 371 g/mol. The highest BCUT2D eigenvalue weighted by Crippen LogP contribution is 2.48. The molecule has 0 N–H and O–H groups in total. The van der Waals surface area contributed by atoms with E-state index < -0.39 is 5.41 Å². The summed E-state index contributed by atoms with van der Waals surface area (Å²) < 4.78 is 1.16. The Labute approximate surface area is 169 Å². The Balaban J connectivity index is 1.67. The first-order chi connectivity index (χ1) is 13.6. The highest BCUT2D eigenvalue weighted by atomic mass is 15.4. The molecule has 0 aromatic heterocycles. The van der Waals surface area contributed by atoms with Gasteiger partial charge in [0, 0.05) is 25.7 Å².